The molecule has 0 amide bonds. The molecule has 0 aliphatic carbocycles. The predicted octanol–water partition coefficient (Wildman–Crippen LogP) is 3.89. The van der Waals surface area contributed by atoms with Gasteiger partial charge in [-0.3, -0.25) is 4.99 Å². The first-order valence-electron chi connectivity index (χ1n) is 9.63. The van der Waals surface area contributed by atoms with Crippen molar-refractivity contribution in [1.29, 1.82) is 0 Å². The molecule has 1 aromatic heterocycles. The van der Waals surface area contributed by atoms with Crippen LogP contribution in [0.3, 0.4) is 0 Å². The number of guanidine groups is 1. The number of H-pyrrole nitrogens is 1. The Labute approximate surface area is 179 Å². The average Bonchev–Trinajstić information content (AvgIpc) is 3.23. The van der Waals surface area contributed by atoms with E-state index in [0.29, 0.717) is 19.0 Å². The van der Waals surface area contributed by atoms with Crippen LogP contribution in [0.15, 0.2) is 59.7 Å². The number of hydrogen-bond donors (Lipinski definition) is 2. The molecule has 7 nitrogen and oxygen atoms in total. The number of halogens is 2. The van der Waals surface area contributed by atoms with Gasteiger partial charge in [-0.15, -0.1) is 0 Å². The molecule has 0 bridgehead atoms. The maximum absolute atomic E-state index is 12.6. The number of hydrogen-bond acceptors (Lipinski definition) is 4. The first-order chi connectivity index (χ1) is 15.0. The van der Waals surface area contributed by atoms with Crippen molar-refractivity contribution in [1.82, 2.24) is 20.2 Å². The standard InChI is InChI=1S/C22H25F2N5O2/c1-25-22(27-12-15-9-10-18(30-3)19(11-15)31-21(23)24)29(2)14-20-26-13-17(28-20)16-7-5-4-6-8-16/h4-11,13,21H,12,14H2,1-3H3,(H,25,27)(H,26,28). The van der Waals surface area contributed by atoms with Gasteiger partial charge in [0, 0.05) is 20.6 Å². The van der Waals surface area contributed by atoms with E-state index in [1.165, 1.54) is 13.2 Å². The molecule has 0 saturated carbocycles. The van der Waals surface area contributed by atoms with Crippen molar-refractivity contribution in [3.8, 4) is 22.8 Å². The van der Waals surface area contributed by atoms with Gasteiger partial charge >= 0.3 is 6.61 Å². The second-order valence-corrected chi connectivity index (χ2v) is 6.73. The molecule has 2 N–H and O–H groups in total. The number of benzene rings is 2. The Kier molecular flexibility index (Phi) is 7.42. The lowest BCUT2D eigenvalue weighted by atomic mass is 10.2. The third kappa shape index (κ3) is 5.94. The summed E-state index contributed by atoms with van der Waals surface area (Å²) in [6.45, 7) is -2.05. The molecule has 3 aromatic rings. The van der Waals surface area contributed by atoms with Crippen LogP contribution in [0.5, 0.6) is 11.5 Å². The Balaban J connectivity index is 1.62. The van der Waals surface area contributed by atoms with Crippen LogP contribution in [0.25, 0.3) is 11.3 Å². The smallest absolute Gasteiger partial charge is 0.387 e. The number of methoxy groups -OCH3 is 1. The van der Waals surface area contributed by atoms with Gasteiger partial charge < -0.3 is 24.7 Å². The summed E-state index contributed by atoms with van der Waals surface area (Å²) in [5.74, 6) is 1.66. The third-order valence-electron chi connectivity index (χ3n) is 4.57. The summed E-state index contributed by atoms with van der Waals surface area (Å²) in [5, 5.41) is 3.21. The van der Waals surface area contributed by atoms with Crippen LogP contribution < -0.4 is 14.8 Å². The first kappa shape index (κ1) is 22.1. The van der Waals surface area contributed by atoms with Gasteiger partial charge in [0.05, 0.1) is 25.5 Å². The highest BCUT2D eigenvalue weighted by molar-refractivity contribution is 5.79. The van der Waals surface area contributed by atoms with E-state index in [-0.39, 0.29) is 11.5 Å². The van der Waals surface area contributed by atoms with E-state index >= 15 is 0 Å². The summed E-state index contributed by atoms with van der Waals surface area (Å²) in [7, 11) is 4.97. The van der Waals surface area contributed by atoms with Crippen molar-refractivity contribution < 1.29 is 18.3 Å². The van der Waals surface area contributed by atoms with E-state index in [9.17, 15) is 8.78 Å². The number of aromatic nitrogens is 2. The van der Waals surface area contributed by atoms with Crippen molar-refractivity contribution >= 4 is 5.96 Å². The van der Waals surface area contributed by atoms with Gasteiger partial charge in [0.25, 0.3) is 0 Å². The molecule has 0 atom stereocenters. The van der Waals surface area contributed by atoms with E-state index in [2.05, 4.69) is 25.0 Å². The summed E-state index contributed by atoms with van der Waals surface area (Å²) < 4.78 is 34.9. The van der Waals surface area contributed by atoms with Crippen molar-refractivity contribution in [3.63, 3.8) is 0 Å². The molecule has 0 aliphatic heterocycles. The lowest BCUT2D eigenvalue weighted by Crippen LogP contribution is -2.38. The summed E-state index contributed by atoms with van der Waals surface area (Å²) in [6.07, 6.45) is 1.80. The van der Waals surface area contributed by atoms with Crippen LogP contribution in [0.4, 0.5) is 8.78 Å². The normalized spacial score (nSPS) is 11.5. The van der Waals surface area contributed by atoms with Crippen LogP contribution in [-0.2, 0) is 13.1 Å². The van der Waals surface area contributed by atoms with Gasteiger partial charge in [-0.25, -0.2) is 4.98 Å². The second kappa shape index (κ2) is 10.4. The van der Waals surface area contributed by atoms with Crippen LogP contribution in [-0.4, -0.2) is 48.6 Å². The van der Waals surface area contributed by atoms with Crippen molar-refractivity contribution in [2.24, 2.45) is 4.99 Å². The van der Waals surface area contributed by atoms with E-state index in [1.54, 1.807) is 25.4 Å². The predicted molar refractivity (Wildman–Crippen MR) is 115 cm³/mol. The van der Waals surface area contributed by atoms with Gasteiger partial charge in [-0.05, 0) is 23.3 Å². The highest BCUT2D eigenvalue weighted by atomic mass is 19.3. The number of alkyl halides is 2. The number of nitrogens with one attached hydrogen (secondary N) is 2. The Morgan fingerprint density at radius 1 is 1.19 bits per heavy atom. The summed E-state index contributed by atoms with van der Waals surface area (Å²) in [6, 6.07) is 14.8. The first-order valence-corrected chi connectivity index (χ1v) is 9.63. The van der Waals surface area contributed by atoms with Gasteiger partial charge in [0.15, 0.2) is 17.5 Å². The highest BCUT2D eigenvalue weighted by Gasteiger charge is 2.13. The van der Waals surface area contributed by atoms with Gasteiger partial charge in [0.1, 0.15) is 5.82 Å². The molecule has 0 saturated heterocycles. The SMILES string of the molecule is CN=C(NCc1ccc(OC)c(OC(F)F)c1)N(C)Cc1ncc(-c2ccccc2)[nH]1. The lowest BCUT2D eigenvalue weighted by molar-refractivity contribution is -0.0512. The van der Waals surface area contributed by atoms with Gasteiger partial charge in [0.2, 0.25) is 0 Å². The van der Waals surface area contributed by atoms with E-state index in [4.69, 9.17) is 4.74 Å². The fourth-order valence-electron chi connectivity index (χ4n) is 3.09. The molecule has 164 valence electrons. The maximum atomic E-state index is 12.6. The number of imidazole rings is 1. The van der Waals surface area contributed by atoms with Crippen LogP contribution >= 0.6 is 0 Å². The monoisotopic (exact) mass is 429 g/mol. The summed E-state index contributed by atoms with van der Waals surface area (Å²) >= 11 is 0. The van der Waals surface area contributed by atoms with Crippen molar-refractivity contribution in [3.05, 3.63) is 66.1 Å². The number of ether oxygens (including phenoxy) is 2. The topological polar surface area (TPSA) is 74.8 Å². The Hall–Kier alpha value is -3.62. The third-order valence-corrected chi connectivity index (χ3v) is 4.57. The summed E-state index contributed by atoms with van der Waals surface area (Å²) in [4.78, 5) is 14.0. The van der Waals surface area contributed by atoms with Gasteiger partial charge in [-0.2, -0.15) is 8.78 Å². The minimum absolute atomic E-state index is 0.0100. The van der Waals surface area contributed by atoms with Crippen LogP contribution in [0.1, 0.15) is 11.4 Å². The Morgan fingerprint density at radius 2 is 1.97 bits per heavy atom. The molecule has 2 aromatic carbocycles. The zero-order chi connectivity index (χ0) is 22.2. The molecule has 0 fully saturated rings. The summed E-state index contributed by atoms with van der Waals surface area (Å²) in [5.41, 5.74) is 2.75. The largest absolute Gasteiger partial charge is 0.493 e. The number of nitrogens with zero attached hydrogens (tertiary/aromatic N) is 3. The molecular weight excluding hydrogens is 404 g/mol. The minimum Gasteiger partial charge on any atom is -0.493 e. The maximum Gasteiger partial charge on any atom is 0.387 e. The van der Waals surface area contributed by atoms with Crippen molar-refractivity contribution in [2.75, 3.05) is 21.2 Å². The average molecular weight is 429 g/mol. The zero-order valence-electron chi connectivity index (χ0n) is 17.6. The lowest BCUT2D eigenvalue weighted by Gasteiger charge is -2.21. The Morgan fingerprint density at radius 3 is 2.65 bits per heavy atom. The molecular formula is C22H25F2N5O2. The van der Waals surface area contributed by atoms with E-state index < -0.39 is 6.61 Å². The molecule has 0 unspecified atom stereocenters. The molecule has 0 radical (unpaired) electrons. The molecule has 0 aliphatic rings. The molecule has 1 heterocycles. The number of aliphatic imine (C=N–C) groups is 1. The number of rotatable bonds is 8. The quantitative estimate of drug-likeness (QED) is 0.420. The zero-order valence-corrected chi connectivity index (χ0v) is 17.6. The fraction of sp³-hybridized carbons (Fsp3) is 0.273. The fourth-order valence-corrected chi connectivity index (χ4v) is 3.09. The minimum atomic E-state index is -2.93. The Bertz CT molecular complexity index is 1010. The molecule has 31 heavy (non-hydrogen) atoms. The van der Waals surface area contributed by atoms with E-state index in [0.717, 1.165) is 22.6 Å². The number of aromatic amines is 1. The molecule has 9 heteroatoms. The van der Waals surface area contributed by atoms with Gasteiger partial charge in [-0.1, -0.05) is 36.4 Å². The second-order valence-electron chi connectivity index (χ2n) is 6.73. The van der Waals surface area contributed by atoms with E-state index in [1.807, 2.05) is 42.3 Å². The van der Waals surface area contributed by atoms with Crippen molar-refractivity contribution in [2.45, 2.75) is 19.7 Å². The van der Waals surface area contributed by atoms with Crippen LogP contribution in [0.2, 0.25) is 0 Å². The highest BCUT2D eigenvalue weighted by Crippen LogP contribution is 2.29. The molecule has 3 rings (SSSR count). The molecule has 0 spiro atoms. The van der Waals surface area contributed by atoms with Crippen LogP contribution in [0, 0.1) is 0 Å².